The van der Waals surface area contributed by atoms with E-state index in [0.717, 1.165) is 5.56 Å². The number of aryl methyl sites for hydroxylation is 1. The molecular weight excluding hydrogens is 420 g/mol. The van der Waals surface area contributed by atoms with Crippen molar-refractivity contribution in [1.82, 2.24) is 15.2 Å². The minimum absolute atomic E-state index is 0.0345. The highest BCUT2D eigenvalue weighted by molar-refractivity contribution is 7.89. The van der Waals surface area contributed by atoms with Crippen molar-refractivity contribution in [2.75, 3.05) is 31.6 Å². The van der Waals surface area contributed by atoms with Crippen LogP contribution in [0.4, 0.5) is 5.69 Å². The number of rotatable bonds is 7. The second kappa shape index (κ2) is 10.0. The second-order valence-electron chi connectivity index (χ2n) is 7.22. The highest BCUT2D eigenvalue weighted by Crippen LogP contribution is 2.18. The van der Waals surface area contributed by atoms with Gasteiger partial charge in [-0.05, 0) is 49.7 Å². The average molecular weight is 447 g/mol. The lowest BCUT2D eigenvalue weighted by atomic mass is 10.2. The van der Waals surface area contributed by atoms with Crippen LogP contribution in [0.5, 0.6) is 0 Å². The van der Waals surface area contributed by atoms with Crippen molar-refractivity contribution in [3.8, 4) is 0 Å². The number of morpholine rings is 1. The zero-order valence-corrected chi connectivity index (χ0v) is 18.2. The number of amides is 2. The molecule has 31 heavy (non-hydrogen) atoms. The molecule has 1 atom stereocenters. The van der Waals surface area contributed by atoms with Gasteiger partial charge < -0.3 is 10.1 Å². The van der Waals surface area contributed by atoms with Crippen LogP contribution in [-0.2, 0) is 19.6 Å². The molecule has 9 nitrogen and oxygen atoms in total. The summed E-state index contributed by atoms with van der Waals surface area (Å²) in [6, 6.07) is 12.4. The minimum atomic E-state index is -3.71. The molecule has 2 aromatic rings. The van der Waals surface area contributed by atoms with Gasteiger partial charge in [-0.3, -0.25) is 15.0 Å². The molecule has 1 saturated heterocycles. The summed E-state index contributed by atoms with van der Waals surface area (Å²) in [5.41, 5.74) is 6.94. The van der Waals surface area contributed by atoms with E-state index < -0.39 is 22.0 Å². The van der Waals surface area contributed by atoms with Gasteiger partial charge in [0, 0.05) is 24.3 Å². The molecule has 1 fully saturated rings. The van der Waals surface area contributed by atoms with Crippen LogP contribution in [0.2, 0.25) is 0 Å². The molecule has 0 bridgehead atoms. The number of carbonyl (C=O) groups excluding carboxylic acids is 2. The van der Waals surface area contributed by atoms with Gasteiger partial charge >= 0.3 is 0 Å². The Kier molecular flexibility index (Phi) is 7.39. The van der Waals surface area contributed by atoms with Gasteiger partial charge in [0.2, 0.25) is 15.9 Å². The van der Waals surface area contributed by atoms with E-state index in [9.17, 15) is 18.0 Å². The van der Waals surface area contributed by atoms with Crippen LogP contribution in [0, 0.1) is 6.92 Å². The highest BCUT2D eigenvalue weighted by Gasteiger charge is 2.27. The van der Waals surface area contributed by atoms with Crippen molar-refractivity contribution >= 4 is 27.5 Å². The van der Waals surface area contributed by atoms with Gasteiger partial charge in [-0.2, -0.15) is 4.31 Å². The normalized spacial score (nSPS) is 15.8. The summed E-state index contributed by atoms with van der Waals surface area (Å²) in [7, 11) is -3.71. The maximum atomic E-state index is 12.8. The van der Waals surface area contributed by atoms with E-state index in [4.69, 9.17) is 4.74 Å². The van der Waals surface area contributed by atoms with Gasteiger partial charge in [0.05, 0.1) is 18.1 Å². The number of anilines is 1. The summed E-state index contributed by atoms with van der Waals surface area (Å²) in [5, 5.41) is 2.76. The molecule has 10 heteroatoms. The van der Waals surface area contributed by atoms with Crippen molar-refractivity contribution < 1.29 is 22.7 Å². The van der Waals surface area contributed by atoms with Gasteiger partial charge in [0.15, 0.2) is 0 Å². The summed E-state index contributed by atoms with van der Waals surface area (Å²) >= 11 is 0. The van der Waals surface area contributed by atoms with Crippen molar-refractivity contribution in [3.63, 3.8) is 0 Å². The number of ether oxygens (including phenoxy) is 1. The topological polar surface area (TPSA) is 117 Å². The lowest BCUT2D eigenvalue weighted by molar-refractivity contribution is -0.117. The Morgan fingerprint density at radius 2 is 1.77 bits per heavy atom. The van der Waals surface area contributed by atoms with E-state index in [1.165, 1.54) is 28.6 Å². The molecule has 0 aliphatic carbocycles. The molecule has 0 spiro atoms. The Hall–Kier alpha value is -2.79. The van der Waals surface area contributed by atoms with Crippen LogP contribution in [0.25, 0.3) is 0 Å². The van der Waals surface area contributed by atoms with Crippen molar-refractivity contribution in [2.24, 2.45) is 0 Å². The zero-order valence-electron chi connectivity index (χ0n) is 17.4. The maximum Gasteiger partial charge on any atom is 0.265 e. The Labute approximate surface area is 181 Å². The lowest BCUT2D eigenvalue weighted by Gasteiger charge is -2.26. The van der Waals surface area contributed by atoms with E-state index in [0.29, 0.717) is 18.9 Å². The molecule has 166 valence electrons. The fourth-order valence-corrected chi connectivity index (χ4v) is 4.47. The third kappa shape index (κ3) is 5.88. The first-order valence-corrected chi connectivity index (χ1v) is 11.3. The van der Waals surface area contributed by atoms with Crippen LogP contribution < -0.4 is 16.2 Å². The number of hydrazine groups is 1. The lowest BCUT2D eigenvalue weighted by Crippen LogP contribution is -2.48. The van der Waals surface area contributed by atoms with Crippen LogP contribution >= 0.6 is 0 Å². The predicted molar refractivity (Wildman–Crippen MR) is 116 cm³/mol. The number of sulfonamides is 1. The van der Waals surface area contributed by atoms with Crippen molar-refractivity contribution in [1.29, 1.82) is 0 Å². The molecule has 0 aromatic heterocycles. The van der Waals surface area contributed by atoms with Crippen molar-refractivity contribution in [2.45, 2.75) is 24.8 Å². The monoisotopic (exact) mass is 446 g/mol. The summed E-state index contributed by atoms with van der Waals surface area (Å²) in [6.07, 6.45) is 0. The molecule has 1 heterocycles. The number of nitrogens with one attached hydrogen (secondary N) is 3. The fraction of sp³-hybridized carbons (Fsp3) is 0.333. The second-order valence-corrected chi connectivity index (χ2v) is 9.16. The van der Waals surface area contributed by atoms with E-state index >= 15 is 0 Å². The molecule has 3 N–H and O–H groups in total. The van der Waals surface area contributed by atoms with Crippen LogP contribution in [0.1, 0.15) is 22.8 Å². The van der Waals surface area contributed by atoms with E-state index in [1.807, 2.05) is 25.1 Å². The predicted octanol–water partition coefficient (Wildman–Crippen LogP) is 1.28. The third-order valence-electron chi connectivity index (χ3n) is 4.79. The first-order valence-electron chi connectivity index (χ1n) is 9.89. The van der Waals surface area contributed by atoms with Crippen LogP contribution in [0.15, 0.2) is 53.4 Å². The van der Waals surface area contributed by atoms with Gasteiger partial charge in [0.25, 0.3) is 5.91 Å². The number of hydrogen-bond donors (Lipinski definition) is 3. The van der Waals surface area contributed by atoms with E-state index in [2.05, 4.69) is 16.2 Å². The molecule has 3 rings (SSSR count). The summed E-state index contributed by atoms with van der Waals surface area (Å²) in [6.45, 7) is 4.75. The Balaban J connectivity index is 1.60. The Morgan fingerprint density at radius 3 is 2.48 bits per heavy atom. The van der Waals surface area contributed by atoms with Crippen LogP contribution in [-0.4, -0.2) is 56.9 Å². The molecule has 0 saturated carbocycles. The van der Waals surface area contributed by atoms with Gasteiger partial charge in [0.1, 0.15) is 6.04 Å². The smallest absolute Gasteiger partial charge is 0.265 e. The number of benzene rings is 2. The summed E-state index contributed by atoms with van der Waals surface area (Å²) in [5.74, 6) is -0.872. The molecule has 0 radical (unpaired) electrons. The first kappa shape index (κ1) is 22.9. The van der Waals surface area contributed by atoms with E-state index in [1.54, 1.807) is 13.0 Å². The summed E-state index contributed by atoms with van der Waals surface area (Å²) < 4.78 is 32.1. The first-order chi connectivity index (χ1) is 14.8. The van der Waals surface area contributed by atoms with Gasteiger partial charge in [-0.1, -0.05) is 18.2 Å². The Morgan fingerprint density at radius 1 is 1.06 bits per heavy atom. The minimum Gasteiger partial charge on any atom is -0.379 e. The molecule has 1 aliphatic rings. The fourth-order valence-electron chi connectivity index (χ4n) is 3.02. The summed E-state index contributed by atoms with van der Waals surface area (Å²) in [4.78, 5) is 24.8. The van der Waals surface area contributed by atoms with Gasteiger partial charge in [-0.25, -0.2) is 13.8 Å². The maximum absolute atomic E-state index is 12.8. The zero-order chi connectivity index (χ0) is 22.4. The molecule has 0 unspecified atom stereocenters. The molecule has 2 amide bonds. The van der Waals surface area contributed by atoms with Crippen molar-refractivity contribution in [3.05, 3.63) is 59.7 Å². The quantitative estimate of drug-likeness (QED) is 0.552. The SMILES string of the molecule is Cc1cccc(NC(=O)[C@H](C)NNC(=O)c2cccc(S(=O)(=O)N3CCOCC3)c2)c1. The van der Waals surface area contributed by atoms with Gasteiger partial charge in [-0.15, -0.1) is 0 Å². The number of nitrogens with zero attached hydrogens (tertiary/aromatic N) is 1. The third-order valence-corrected chi connectivity index (χ3v) is 6.68. The Bertz CT molecular complexity index is 1050. The van der Waals surface area contributed by atoms with E-state index in [-0.39, 0.29) is 29.5 Å². The molecule has 2 aromatic carbocycles. The average Bonchev–Trinajstić information content (AvgIpc) is 2.78. The molecule has 1 aliphatic heterocycles. The number of carbonyl (C=O) groups is 2. The van der Waals surface area contributed by atoms with Crippen LogP contribution in [0.3, 0.4) is 0 Å². The highest BCUT2D eigenvalue weighted by atomic mass is 32.2. The largest absolute Gasteiger partial charge is 0.379 e. The standard InChI is InChI=1S/C21H26N4O5S/c1-15-5-3-7-18(13-15)22-20(26)16(2)23-24-21(27)17-6-4-8-19(14-17)31(28,29)25-9-11-30-12-10-25/h3-8,13-14,16,23H,9-12H2,1-2H3,(H,22,26)(H,24,27)/t16-/m0/s1. The number of hydrogen-bond acceptors (Lipinski definition) is 6. The molecular formula is C21H26N4O5S.